The number of nitrogens with zero attached hydrogens (tertiary/aromatic N) is 1. The van der Waals surface area contributed by atoms with E-state index < -0.39 is 6.10 Å². The Labute approximate surface area is 74.9 Å². The smallest absolute Gasteiger partial charge is 0.106 e. The fourth-order valence-corrected chi connectivity index (χ4v) is 1.34. The van der Waals surface area contributed by atoms with Crippen LogP contribution in [0.15, 0.2) is 11.6 Å². The number of nitrogens with one attached hydrogen (secondary N) is 1. The van der Waals surface area contributed by atoms with E-state index in [0.29, 0.717) is 13.1 Å². The molecule has 12 heavy (non-hydrogen) atoms. The standard InChI is InChI=1S/C7H12N2O2S/c10-5-6(11)3-8-4-7-9-1-2-12-7/h1-2,6,8,10-11H,3-5H2. The first-order valence-corrected chi connectivity index (χ1v) is 4.59. The molecular formula is C7H12N2O2S. The van der Waals surface area contributed by atoms with Crippen molar-refractivity contribution in [3.05, 3.63) is 16.6 Å². The summed E-state index contributed by atoms with van der Waals surface area (Å²) in [6.07, 6.45) is 1.06. The molecular weight excluding hydrogens is 176 g/mol. The summed E-state index contributed by atoms with van der Waals surface area (Å²) in [5.41, 5.74) is 0. The van der Waals surface area contributed by atoms with Gasteiger partial charge in [0.1, 0.15) is 5.01 Å². The minimum atomic E-state index is -0.676. The minimum absolute atomic E-state index is 0.204. The van der Waals surface area contributed by atoms with E-state index in [9.17, 15) is 0 Å². The molecule has 1 heterocycles. The Bertz CT molecular complexity index is 203. The minimum Gasteiger partial charge on any atom is -0.394 e. The summed E-state index contributed by atoms with van der Waals surface area (Å²) in [5.74, 6) is 0. The lowest BCUT2D eigenvalue weighted by Gasteiger charge is -2.06. The molecule has 1 rings (SSSR count). The third-order valence-corrected chi connectivity index (χ3v) is 2.13. The first kappa shape index (κ1) is 9.60. The van der Waals surface area contributed by atoms with Gasteiger partial charge in [-0.05, 0) is 0 Å². The summed E-state index contributed by atoms with van der Waals surface area (Å²) >= 11 is 1.56. The number of aliphatic hydroxyl groups is 2. The van der Waals surface area contributed by atoms with E-state index in [-0.39, 0.29) is 6.61 Å². The molecule has 0 aliphatic carbocycles. The van der Waals surface area contributed by atoms with Crippen molar-refractivity contribution in [1.29, 1.82) is 0 Å². The van der Waals surface area contributed by atoms with Crippen molar-refractivity contribution >= 4 is 11.3 Å². The summed E-state index contributed by atoms with van der Waals surface area (Å²) in [6.45, 7) is 0.843. The van der Waals surface area contributed by atoms with Crippen LogP contribution >= 0.6 is 11.3 Å². The topological polar surface area (TPSA) is 65.4 Å². The number of hydrogen-bond acceptors (Lipinski definition) is 5. The summed E-state index contributed by atoms with van der Waals surface area (Å²) in [5, 5.41) is 23.3. The maximum atomic E-state index is 8.96. The monoisotopic (exact) mass is 188 g/mol. The fraction of sp³-hybridized carbons (Fsp3) is 0.571. The number of thiazole rings is 1. The zero-order valence-electron chi connectivity index (χ0n) is 6.60. The third-order valence-electron chi connectivity index (χ3n) is 1.35. The maximum absolute atomic E-state index is 8.96. The van der Waals surface area contributed by atoms with Gasteiger partial charge in [-0.1, -0.05) is 0 Å². The van der Waals surface area contributed by atoms with E-state index >= 15 is 0 Å². The van der Waals surface area contributed by atoms with E-state index in [0.717, 1.165) is 5.01 Å². The molecule has 1 aromatic rings. The van der Waals surface area contributed by atoms with Crippen LogP contribution in [0.1, 0.15) is 5.01 Å². The predicted octanol–water partition coefficient (Wildman–Crippen LogP) is -0.414. The van der Waals surface area contributed by atoms with Gasteiger partial charge in [-0.2, -0.15) is 0 Å². The molecule has 0 bridgehead atoms. The van der Waals surface area contributed by atoms with Crippen LogP contribution in [0.25, 0.3) is 0 Å². The molecule has 68 valence electrons. The van der Waals surface area contributed by atoms with Gasteiger partial charge in [0.15, 0.2) is 0 Å². The first-order valence-electron chi connectivity index (χ1n) is 3.71. The highest BCUT2D eigenvalue weighted by Crippen LogP contribution is 2.02. The number of aliphatic hydroxyl groups excluding tert-OH is 2. The van der Waals surface area contributed by atoms with Crippen molar-refractivity contribution in [2.45, 2.75) is 12.6 Å². The highest BCUT2D eigenvalue weighted by atomic mass is 32.1. The van der Waals surface area contributed by atoms with Crippen LogP contribution < -0.4 is 5.32 Å². The van der Waals surface area contributed by atoms with Crippen LogP contribution in [0.2, 0.25) is 0 Å². The highest BCUT2D eigenvalue weighted by Gasteiger charge is 2.00. The Morgan fingerprint density at radius 3 is 3.08 bits per heavy atom. The largest absolute Gasteiger partial charge is 0.394 e. The molecule has 1 atom stereocenters. The molecule has 0 fully saturated rings. The van der Waals surface area contributed by atoms with Crippen molar-refractivity contribution in [1.82, 2.24) is 10.3 Å². The van der Waals surface area contributed by atoms with Crippen LogP contribution in [-0.2, 0) is 6.54 Å². The molecule has 4 nitrogen and oxygen atoms in total. The van der Waals surface area contributed by atoms with E-state index in [1.54, 1.807) is 17.5 Å². The molecule has 0 spiro atoms. The van der Waals surface area contributed by atoms with Gasteiger partial charge in [0.05, 0.1) is 12.7 Å². The lowest BCUT2D eigenvalue weighted by atomic mass is 10.4. The second-order valence-corrected chi connectivity index (χ2v) is 3.37. The SMILES string of the molecule is OCC(O)CNCc1nccs1. The van der Waals surface area contributed by atoms with E-state index in [4.69, 9.17) is 10.2 Å². The lowest BCUT2D eigenvalue weighted by molar-refractivity contribution is 0.0942. The molecule has 1 unspecified atom stereocenters. The van der Waals surface area contributed by atoms with E-state index in [1.165, 1.54) is 0 Å². The zero-order chi connectivity index (χ0) is 8.81. The van der Waals surface area contributed by atoms with E-state index in [1.807, 2.05) is 5.38 Å². The van der Waals surface area contributed by atoms with Crippen LogP contribution in [0.3, 0.4) is 0 Å². The van der Waals surface area contributed by atoms with Crippen LogP contribution in [0.5, 0.6) is 0 Å². The van der Waals surface area contributed by atoms with Gasteiger partial charge < -0.3 is 15.5 Å². The molecule has 3 N–H and O–H groups in total. The van der Waals surface area contributed by atoms with Crippen LogP contribution in [0.4, 0.5) is 0 Å². The Kier molecular flexibility index (Phi) is 4.16. The summed E-state index contributed by atoms with van der Waals surface area (Å²) in [6, 6.07) is 0. The van der Waals surface area contributed by atoms with Crippen molar-refractivity contribution in [3.63, 3.8) is 0 Å². The van der Waals surface area contributed by atoms with E-state index in [2.05, 4.69) is 10.3 Å². The van der Waals surface area contributed by atoms with Crippen LogP contribution in [0, 0.1) is 0 Å². The molecule has 0 saturated heterocycles. The number of rotatable bonds is 5. The van der Waals surface area contributed by atoms with Crippen molar-refractivity contribution in [3.8, 4) is 0 Å². The van der Waals surface area contributed by atoms with Crippen molar-refractivity contribution < 1.29 is 10.2 Å². The van der Waals surface area contributed by atoms with Crippen LogP contribution in [-0.4, -0.2) is 34.5 Å². The zero-order valence-corrected chi connectivity index (χ0v) is 7.42. The summed E-state index contributed by atoms with van der Waals surface area (Å²) in [4.78, 5) is 4.05. The van der Waals surface area contributed by atoms with Gasteiger partial charge in [0, 0.05) is 24.7 Å². The Balaban J connectivity index is 2.11. The highest BCUT2D eigenvalue weighted by molar-refractivity contribution is 7.09. The summed E-state index contributed by atoms with van der Waals surface area (Å²) in [7, 11) is 0. The Hall–Kier alpha value is -0.490. The molecule has 5 heteroatoms. The van der Waals surface area contributed by atoms with Gasteiger partial charge in [-0.15, -0.1) is 11.3 Å². The van der Waals surface area contributed by atoms with Gasteiger partial charge in [0.2, 0.25) is 0 Å². The third kappa shape index (κ3) is 3.27. The molecule has 0 aliphatic rings. The fourth-order valence-electron chi connectivity index (χ4n) is 0.751. The molecule has 1 aromatic heterocycles. The molecule has 0 aliphatic heterocycles. The Morgan fingerprint density at radius 1 is 1.67 bits per heavy atom. The van der Waals surface area contributed by atoms with Gasteiger partial charge in [0.25, 0.3) is 0 Å². The van der Waals surface area contributed by atoms with Gasteiger partial charge in [-0.3, -0.25) is 0 Å². The number of hydrogen-bond donors (Lipinski definition) is 3. The quantitative estimate of drug-likeness (QED) is 0.587. The second-order valence-electron chi connectivity index (χ2n) is 2.39. The first-order chi connectivity index (χ1) is 5.83. The number of aromatic nitrogens is 1. The van der Waals surface area contributed by atoms with Gasteiger partial charge in [-0.25, -0.2) is 4.98 Å². The van der Waals surface area contributed by atoms with Crippen molar-refractivity contribution in [2.75, 3.05) is 13.2 Å². The molecule has 0 radical (unpaired) electrons. The lowest BCUT2D eigenvalue weighted by Crippen LogP contribution is -2.28. The molecule has 0 saturated carbocycles. The molecule has 0 aromatic carbocycles. The van der Waals surface area contributed by atoms with Gasteiger partial charge >= 0.3 is 0 Å². The van der Waals surface area contributed by atoms with Crippen molar-refractivity contribution in [2.24, 2.45) is 0 Å². The second kappa shape index (κ2) is 5.21. The normalized spacial score (nSPS) is 13.2. The molecule has 0 amide bonds. The summed E-state index contributed by atoms with van der Waals surface area (Å²) < 4.78 is 0. The average Bonchev–Trinajstić information content (AvgIpc) is 2.57. The average molecular weight is 188 g/mol. The predicted molar refractivity (Wildman–Crippen MR) is 46.9 cm³/mol. The maximum Gasteiger partial charge on any atom is 0.106 e. The Morgan fingerprint density at radius 2 is 2.50 bits per heavy atom.